The van der Waals surface area contributed by atoms with Crippen molar-refractivity contribution in [3.05, 3.63) is 0 Å². The predicted octanol–water partition coefficient (Wildman–Crippen LogP) is 0.849. The van der Waals surface area contributed by atoms with Gasteiger partial charge >= 0.3 is 5.97 Å². The molecule has 2 aliphatic carbocycles. The van der Waals surface area contributed by atoms with Crippen molar-refractivity contribution >= 4 is 49.6 Å². The van der Waals surface area contributed by atoms with Crippen LogP contribution in [0.4, 0.5) is 0 Å². The van der Waals surface area contributed by atoms with Crippen LogP contribution in [0.15, 0.2) is 0 Å². The molecule has 3 rings (SSSR count). The summed E-state index contributed by atoms with van der Waals surface area (Å²) in [7, 11) is 0. The van der Waals surface area contributed by atoms with Crippen molar-refractivity contribution in [1.29, 1.82) is 0 Å². The van der Waals surface area contributed by atoms with Crippen molar-refractivity contribution in [2.45, 2.75) is 16.1 Å². The SMILES string of the molecule is O=C(O)CN1C(=O)[C@@H]2[C@H]3C[C@@H]([C@H](Br)[C@@H]3Br)[C@@H]2C1=O. The van der Waals surface area contributed by atoms with Gasteiger partial charge in [0.2, 0.25) is 11.8 Å². The number of halogens is 2. The highest BCUT2D eigenvalue weighted by Gasteiger charge is 2.66. The molecule has 1 aliphatic heterocycles. The first-order chi connectivity index (χ1) is 8.43. The van der Waals surface area contributed by atoms with E-state index in [2.05, 4.69) is 31.9 Å². The second kappa shape index (κ2) is 4.03. The van der Waals surface area contributed by atoms with Crippen molar-refractivity contribution in [2.24, 2.45) is 23.7 Å². The Hall–Kier alpha value is -0.430. The highest BCUT2D eigenvalue weighted by Crippen LogP contribution is 2.60. The molecule has 0 radical (unpaired) electrons. The number of amides is 2. The van der Waals surface area contributed by atoms with Crippen LogP contribution in [-0.4, -0.2) is 44.0 Å². The number of nitrogens with zero attached hydrogens (tertiary/aromatic N) is 1. The summed E-state index contributed by atoms with van der Waals surface area (Å²) in [6, 6.07) is 0. The van der Waals surface area contributed by atoms with Gasteiger partial charge in [0.05, 0.1) is 11.8 Å². The maximum absolute atomic E-state index is 12.2. The van der Waals surface area contributed by atoms with E-state index in [-0.39, 0.29) is 45.1 Å². The van der Waals surface area contributed by atoms with Crippen LogP contribution in [0.1, 0.15) is 6.42 Å². The van der Waals surface area contributed by atoms with Crippen LogP contribution in [0.3, 0.4) is 0 Å². The molecule has 6 atom stereocenters. The smallest absolute Gasteiger partial charge is 0.323 e. The van der Waals surface area contributed by atoms with E-state index in [0.29, 0.717) is 0 Å². The van der Waals surface area contributed by atoms with Crippen LogP contribution in [-0.2, 0) is 14.4 Å². The number of likely N-dealkylation sites (tertiary alicyclic amines) is 1. The van der Waals surface area contributed by atoms with E-state index in [9.17, 15) is 14.4 Å². The third-order valence-electron chi connectivity index (χ3n) is 4.37. The average molecular weight is 381 g/mol. The van der Waals surface area contributed by atoms with Crippen molar-refractivity contribution in [2.75, 3.05) is 6.54 Å². The van der Waals surface area contributed by atoms with Crippen molar-refractivity contribution in [3.8, 4) is 0 Å². The van der Waals surface area contributed by atoms with Gasteiger partial charge in [-0.25, -0.2) is 0 Å². The van der Waals surface area contributed by atoms with Crippen LogP contribution in [0, 0.1) is 23.7 Å². The largest absolute Gasteiger partial charge is 0.480 e. The van der Waals surface area contributed by atoms with Gasteiger partial charge in [0, 0.05) is 9.65 Å². The second-order valence-electron chi connectivity index (χ2n) is 5.16. The van der Waals surface area contributed by atoms with Crippen LogP contribution in [0.5, 0.6) is 0 Å². The molecular weight excluding hydrogens is 370 g/mol. The van der Waals surface area contributed by atoms with E-state index < -0.39 is 12.5 Å². The normalized spacial score (nSPS) is 45.8. The minimum absolute atomic E-state index is 0.139. The fourth-order valence-corrected chi connectivity index (χ4v) is 5.58. The van der Waals surface area contributed by atoms with Gasteiger partial charge in [-0.15, -0.1) is 0 Å². The Labute approximate surface area is 120 Å². The number of hydrogen-bond acceptors (Lipinski definition) is 3. The van der Waals surface area contributed by atoms with Crippen LogP contribution >= 0.6 is 31.9 Å². The Bertz CT molecular complexity index is 422. The molecule has 98 valence electrons. The van der Waals surface area contributed by atoms with E-state index >= 15 is 0 Å². The molecule has 0 spiro atoms. The average Bonchev–Trinajstić information content (AvgIpc) is 2.88. The molecule has 0 aromatic rings. The number of fused-ring (bicyclic) bond motifs is 5. The number of imide groups is 1. The number of alkyl halides is 2. The van der Waals surface area contributed by atoms with E-state index in [1.54, 1.807) is 0 Å². The van der Waals surface area contributed by atoms with Gasteiger partial charge in [-0.1, -0.05) is 31.9 Å². The van der Waals surface area contributed by atoms with Gasteiger partial charge in [-0.2, -0.15) is 0 Å². The first-order valence-electron chi connectivity index (χ1n) is 5.78. The molecule has 1 N–H and O–H groups in total. The van der Waals surface area contributed by atoms with Crippen LogP contribution in [0.2, 0.25) is 0 Å². The summed E-state index contributed by atoms with van der Waals surface area (Å²) in [6.07, 6.45) is 0.861. The second-order valence-corrected chi connectivity index (χ2v) is 7.27. The molecule has 7 heteroatoms. The molecule has 0 unspecified atom stereocenters. The summed E-state index contributed by atoms with van der Waals surface area (Å²) in [5, 5.41) is 8.76. The Morgan fingerprint density at radius 2 is 1.61 bits per heavy atom. The van der Waals surface area contributed by atoms with Gasteiger partial charge in [0.15, 0.2) is 0 Å². The molecule has 3 aliphatic rings. The minimum Gasteiger partial charge on any atom is -0.480 e. The van der Waals surface area contributed by atoms with Gasteiger partial charge < -0.3 is 5.11 Å². The molecular formula is C11H11Br2NO4. The first kappa shape index (κ1) is 12.6. The fraction of sp³-hybridized carbons (Fsp3) is 0.727. The molecule has 1 saturated heterocycles. The molecule has 0 aromatic heterocycles. The molecule has 2 saturated carbocycles. The van der Waals surface area contributed by atoms with Crippen molar-refractivity contribution < 1.29 is 19.5 Å². The quantitative estimate of drug-likeness (QED) is 0.569. The number of carbonyl (C=O) groups excluding carboxylic acids is 2. The Balaban J connectivity index is 1.92. The Morgan fingerprint density at radius 1 is 1.17 bits per heavy atom. The number of carboxylic acid groups (broad SMARTS) is 1. The number of aliphatic carboxylic acids is 1. The summed E-state index contributed by atoms with van der Waals surface area (Å²) in [5.74, 6) is -2.11. The third-order valence-corrected chi connectivity index (χ3v) is 7.58. The van der Waals surface area contributed by atoms with Crippen molar-refractivity contribution in [1.82, 2.24) is 4.90 Å². The number of carbonyl (C=O) groups is 3. The standard InChI is InChI=1S/C11H11Br2NO4/c12-8-3-1-4(9(8)13)7-6(3)10(17)14(11(7)18)2-5(15)16/h3-4,6-9H,1-2H2,(H,15,16)/t3-,4-,6-,7+,8-,9+/m1/s1. The van der Waals surface area contributed by atoms with E-state index in [1.807, 2.05) is 0 Å². The zero-order valence-electron chi connectivity index (χ0n) is 9.25. The maximum atomic E-state index is 12.2. The van der Waals surface area contributed by atoms with Crippen molar-refractivity contribution in [3.63, 3.8) is 0 Å². The molecule has 2 amide bonds. The highest BCUT2D eigenvalue weighted by atomic mass is 79.9. The first-order valence-corrected chi connectivity index (χ1v) is 7.61. The number of carboxylic acids is 1. The van der Waals surface area contributed by atoms with Crippen LogP contribution < -0.4 is 0 Å². The lowest BCUT2D eigenvalue weighted by molar-refractivity contribution is -0.149. The molecule has 5 nitrogen and oxygen atoms in total. The monoisotopic (exact) mass is 379 g/mol. The van der Waals surface area contributed by atoms with Gasteiger partial charge in [-0.05, 0) is 18.3 Å². The van der Waals surface area contributed by atoms with Crippen LogP contribution in [0.25, 0.3) is 0 Å². The predicted molar refractivity (Wildman–Crippen MR) is 68.4 cm³/mol. The zero-order valence-corrected chi connectivity index (χ0v) is 12.4. The number of rotatable bonds is 2. The summed E-state index contributed by atoms with van der Waals surface area (Å²) in [6.45, 7) is -0.510. The zero-order chi connectivity index (χ0) is 13.2. The summed E-state index contributed by atoms with van der Waals surface area (Å²) in [5.41, 5.74) is 0. The summed E-state index contributed by atoms with van der Waals surface area (Å²) in [4.78, 5) is 36.4. The molecule has 3 fully saturated rings. The topological polar surface area (TPSA) is 74.7 Å². The van der Waals surface area contributed by atoms with E-state index in [1.165, 1.54) is 0 Å². The van der Waals surface area contributed by atoms with Gasteiger partial charge in [0.25, 0.3) is 0 Å². The molecule has 0 aromatic carbocycles. The van der Waals surface area contributed by atoms with E-state index in [4.69, 9.17) is 5.11 Å². The molecule has 2 bridgehead atoms. The lowest BCUT2D eigenvalue weighted by Crippen LogP contribution is -2.37. The molecule has 18 heavy (non-hydrogen) atoms. The summed E-state index contributed by atoms with van der Waals surface area (Å²) < 4.78 is 0. The minimum atomic E-state index is -1.14. The Morgan fingerprint density at radius 3 is 2.00 bits per heavy atom. The highest BCUT2D eigenvalue weighted by molar-refractivity contribution is 9.12. The summed E-state index contributed by atoms with van der Waals surface area (Å²) >= 11 is 7.14. The lowest BCUT2D eigenvalue weighted by atomic mass is 9.81. The maximum Gasteiger partial charge on any atom is 0.323 e. The third kappa shape index (κ3) is 1.46. The molecule has 1 heterocycles. The lowest BCUT2D eigenvalue weighted by Gasteiger charge is -2.28. The Kier molecular flexibility index (Phi) is 2.82. The van der Waals surface area contributed by atoms with Gasteiger partial charge in [0.1, 0.15) is 6.54 Å². The van der Waals surface area contributed by atoms with E-state index in [0.717, 1.165) is 11.3 Å². The fourth-order valence-electron chi connectivity index (χ4n) is 3.70. The van der Waals surface area contributed by atoms with Gasteiger partial charge in [-0.3, -0.25) is 19.3 Å². The number of hydrogen-bond donors (Lipinski definition) is 1.